The van der Waals surface area contributed by atoms with Crippen molar-refractivity contribution < 1.29 is 4.79 Å². The van der Waals surface area contributed by atoms with Crippen molar-refractivity contribution in [2.75, 3.05) is 13.1 Å². The molecule has 2 N–H and O–H groups in total. The highest BCUT2D eigenvalue weighted by Gasteiger charge is 2.14. The monoisotopic (exact) mass is 233 g/mol. The summed E-state index contributed by atoms with van der Waals surface area (Å²) in [6.45, 7) is 3.73. The van der Waals surface area contributed by atoms with E-state index in [0.717, 1.165) is 18.5 Å². The summed E-state index contributed by atoms with van der Waals surface area (Å²) in [7, 11) is 0. The largest absolute Gasteiger partial charge is 0.351 e. The number of carbonyl (C=O) groups is 1. The first-order valence-electron chi connectivity index (χ1n) is 6.20. The molecule has 1 aromatic rings. The number of hydrogen-bond acceptors (Lipinski definition) is 3. The summed E-state index contributed by atoms with van der Waals surface area (Å²) in [6, 6.07) is 4.31. The molecule has 0 spiro atoms. The van der Waals surface area contributed by atoms with Crippen molar-refractivity contribution in [2.45, 2.75) is 32.2 Å². The number of carbonyl (C=O) groups excluding carboxylic acids is 1. The minimum atomic E-state index is -0.0684. The van der Waals surface area contributed by atoms with Crippen molar-refractivity contribution >= 4 is 5.91 Å². The molecule has 0 radical (unpaired) electrons. The SMILES string of the molecule is Cc1cccnc1C(=O)NCC[C@@H]1CCCN1. The molecule has 0 unspecified atom stereocenters. The highest BCUT2D eigenvalue weighted by Crippen LogP contribution is 2.08. The Hall–Kier alpha value is -1.42. The summed E-state index contributed by atoms with van der Waals surface area (Å²) in [5, 5.41) is 6.34. The van der Waals surface area contributed by atoms with Crippen molar-refractivity contribution in [3.8, 4) is 0 Å². The number of aromatic nitrogens is 1. The van der Waals surface area contributed by atoms with Crippen LogP contribution in [0.15, 0.2) is 18.3 Å². The van der Waals surface area contributed by atoms with Crippen LogP contribution in [0.2, 0.25) is 0 Å². The van der Waals surface area contributed by atoms with E-state index in [1.54, 1.807) is 6.20 Å². The van der Waals surface area contributed by atoms with Gasteiger partial charge in [0, 0.05) is 18.8 Å². The maximum Gasteiger partial charge on any atom is 0.270 e. The fraction of sp³-hybridized carbons (Fsp3) is 0.538. The average Bonchev–Trinajstić information content (AvgIpc) is 2.82. The molecule has 1 aromatic heterocycles. The molecule has 2 rings (SSSR count). The molecule has 1 aliphatic heterocycles. The lowest BCUT2D eigenvalue weighted by Gasteiger charge is -2.11. The zero-order valence-electron chi connectivity index (χ0n) is 10.2. The summed E-state index contributed by atoms with van der Waals surface area (Å²) >= 11 is 0. The van der Waals surface area contributed by atoms with Crippen LogP contribution in [0, 0.1) is 6.92 Å². The van der Waals surface area contributed by atoms with Crippen LogP contribution in [0.25, 0.3) is 0 Å². The van der Waals surface area contributed by atoms with Gasteiger partial charge >= 0.3 is 0 Å². The van der Waals surface area contributed by atoms with Crippen LogP contribution in [0.3, 0.4) is 0 Å². The highest BCUT2D eigenvalue weighted by molar-refractivity contribution is 5.93. The fourth-order valence-electron chi connectivity index (χ4n) is 2.17. The standard InChI is InChI=1S/C13H19N3O/c1-10-4-2-8-15-12(10)13(17)16-9-6-11-5-3-7-14-11/h2,4,8,11,14H,3,5-7,9H2,1H3,(H,16,17)/t11-/m0/s1. The third-order valence-electron chi connectivity index (χ3n) is 3.17. The molecular formula is C13H19N3O. The van der Waals surface area contributed by atoms with Gasteiger partial charge in [0.1, 0.15) is 5.69 Å². The zero-order valence-corrected chi connectivity index (χ0v) is 10.2. The predicted octanol–water partition coefficient (Wildman–Crippen LogP) is 1.26. The molecule has 1 atom stereocenters. The maximum absolute atomic E-state index is 11.8. The first-order valence-corrected chi connectivity index (χ1v) is 6.20. The van der Waals surface area contributed by atoms with E-state index in [1.807, 2.05) is 19.1 Å². The van der Waals surface area contributed by atoms with Gasteiger partial charge in [0.25, 0.3) is 5.91 Å². The zero-order chi connectivity index (χ0) is 12.1. The van der Waals surface area contributed by atoms with Crippen molar-refractivity contribution in [2.24, 2.45) is 0 Å². The average molecular weight is 233 g/mol. The van der Waals surface area contributed by atoms with Crippen LogP contribution in [-0.2, 0) is 0 Å². The van der Waals surface area contributed by atoms with E-state index in [-0.39, 0.29) is 5.91 Å². The normalized spacial score (nSPS) is 19.2. The van der Waals surface area contributed by atoms with E-state index in [1.165, 1.54) is 12.8 Å². The van der Waals surface area contributed by atoms with Crippen molar-refractivity contribution in [3.05, 3.63) is 29.6 Å². The van der Waals surface area contributed by atoms with Gasteiger partial charge in [0.2, 0.25) is 0 Å². The molecule has 0 aromatic carbocycles. The predicted molar refractivity (Wildman–Crippen MR) is 66.9 cm³/mol. The molecule has 0 aliphatic carbocycles. The number of aryl methyl sites for hydroxylation is 1. The van der Waals surface area contributed by atoms with Gasteiger partial charge in [-0.1, -0.05) is 6.07 Å². The topological polar surface area (TPSA) is 54.0 Å². The Morgan fingerprint density at radius 1 is 1.65 bits per heavy atom. The molecule has 4 heteroatoms. The number of nitrogens with one attached hydrogen (secondary N) is 2. The first kappa shape index (κ1) is 12.0. The van der Waals surface area contributed by atoms with E-state index in [4.69, 9.17) is 0 Å². The van der Waals surface area contributed by atoms with Crippen LogP contribution in [0.1, 0.15) is 35.3 Å². The second kappa shape index (κ2) is 5.77. The number of pyridine rings is 1. The molecule has 2 heterocycles. The summed E-state index contributed by atoms with van der Waals surface area (Å²) in [6.07, 6.45) is 5.12. The summed E-state index contributed by atoms with van der Waals surface area (Å²) in [4.78, 5) is 15.9. The van der Waals surface area contributed by atoms with Crippen LogP contribution >= 0.6 is 0 Å². The first-order chi connectivity index (χ1) is 8.27. The molecule has 0 bridgehead atoms. The smallest absolute Gasteiger partial charge is 0.270 e. The molecule has 1 saturated heterocycles. The van der Waals surface area contributed by atoms with Gasteiger partial charge in [-0.05, 0) is 44.4 Å². The molecule has 0 saturated carbocycles. The lowest BCUT2D eigenvalue weighted by Crippen LogP contribution is -2.31. The van der Waals surface area contributed by atoms with Crippen molar-refractivity contribution in [1.29, 1.82) is 0 Å². The fourth-order valence-corrected chi connectivity index (χ4v) is 2.17. The van der Waals surface area contributed by atoms with Gasteiger partial charge < -0.3 is 10.6 Å². The molecule has 1 fully saturated rings. The van der Waals surface area contributed by atoms with Gasteiger partial charge in [-0.25, -0.2) is 0 Å². The Kier molecular flexibility index (Phi) is 4.09. The Balaban J connectivity index is 1.79. The Labute approximate surface area is 102 Å². The lowest BCUT2D eigenvalue weighted by molar-refractivity contribution is 0.0946. The highest BCUT2D eigenvalue weighted by atomic mass is 16.1. The molecular weight excluding hydrogens is 214 g/mol. The Bertz CT molecular complexity index is 386. The van der Waals surface area contributed by atoms with E-state index < -0.39 is 0 Å². The van der Waals surface area contributed by atoms with Crippen LogP contribution in [-0.4, -0.2) is 30.0 Å². The van der Waals surface area contributed by atoms with E-state index >= 15 is 0 Å². The molecule has 92 valence electrons. The number of amides is 1. The van der Waals surface area contributed by atoms with Crippen molar-refractivity contribution in [3.63, 3.8) is 0 Å². The molecule has 4 nitrogen and oxygen atoms in total. The Morgan fingerprint density at radius 2 is 2.53 bits per heavy atom. The second-order valence-corrected chi connectivity index (χ2v) is 4.51. The maximum atomic E-state index is 11.8. The Morgan fingerprint density at radius 3 is 3.24 bits per heavy atom. The van der Waals surface area contributed by atoms with Crippen LogP contribution in [0.5, 0.6) is 0 Å². The van der Waals surface area contributed by atoms with Gasteiger partial charge in [-0.15, -0.1) is 0 Å². The summed E-state index contributed by atoms with van der Waals surface area (Å²) < 4.78 is 0. The van der Waals surface area contributed by atoms with E-state index in [9.17, 15) is 4.79 Å². The van der Waals surface area contributed by atoms with Gasteiger partial charge in [-0.3, -0.25) is 9.78 Å². The lowest BCUT2D eigenvalue weighted by atomic mass is 10.1. The van der Waals surface area contributed by atoms with Gasteiger partial charge in [0.15, 0.2) is 0 Å². The number of rotatable bonds is 4. The van der Waals surface area contributed by atoms with Crippen LogP contribution < -0.4 is 10.6 Å². The molecule has 1 amide bonds. The quantitative estimate of drug-likeness (QED) is 0.823. The summed E-state index contributed by atoms with van der Waals surface area (Å²) in [5.74, 6) is -0.0684. The van der Waals surface area contributed by atoms with E-state index in [2.05, 4.69) is 15.6 Å². The van der Waals surface area contributed by atoms with Crippen molar-refractivity contribution in [1.82, 2.24) is 15.6 Å². The number of nitrogens with zero attached hydrogens (tertiary/aromatic N) is 1. The third-order valence-corrected chi connectivity index (χ3v) is 3.17. The third kappa shape index (κ3) is 3.27. The molecule has 17 heavy (non-hydrogen) atoms. The van der Waals surface area contributed by atoms with Gasteiger partial charge in [0.05, 0.1) is 0 Å². The number of hydrogen-bond donors (Lipinski definition) is 2. The second-order valence-electron chi connectivity index (χ2n) is 4.51. The van der Waals surface area contributed by atoms with Crippen LogP contribution in [0.4, 0.5) is 0 Å². The van der Waals surface area contributed by atoms with Gasteiger partial charge in [-0.2, -0.15) is 0 Å². The minimum absolute atomic E-state index is 0.0684. The van der Waals surface area contributed by atoms with E-state index in [0.29, 0.717) is 18.3 Å². The molecule has 1 aliphatic rings. The minimum Gasteiger partial charge on any atom is -0.351 e. The summed E-state index contributed by atoms with van der Waals surface area (Å²) in [5.41, 5.74) is 1.45.